The topological polar surface area (TPSA) is 313 Å². The second-order valence-electron chi connectivity index (χ2n) is 30.7. The molecule has 0 saturated carbocycles. The number of carbonyl (C=O) groups is 12. The molecule has 0 radical (unpaired) electrons. The van der Waals surface area contributed by atoms with E-state index >= 15 is 24.0 Å². The van der Waals surface area contributed by atoms with Gasteiger partial charge in [-0.15, -0.1) is 0 Å². The van der Waals surface area contributed by atoms with Gasteiger partial charge in [0.25, 0.3) is 0 Å². The van der Waals surface area contributed by atoms with Crippen molar-refractivity contribution in [3.8, 4) is 0 Å². The molecule has 99 heavy (non-hydrogen) atoms. The highest BCUT2D eigenvalue weighted by atomic mass is 16.5. The third kappa shape index (κ3) is 23.7. The van der Waals surface area contributed by atoms with E-state index in [1.54, 1.807) is 52.6 Å². The van der Waals surface area contributed by atoms with Gasteiger partial charge in [-0.25, -0.2) is 0 Å². The summed E-state index contributed by atoms with van der Waals surface area (Å²) >= 11 is 0. The molecule has 0 aliphatic carbocycles. The number of benzene rings is 1. The summed E-state index contributed by atoms with van der Waals surface area (Å²) in [6.07, 6.45) is 4.17. The molecular weight excluding hydrogens is 1270 g/mol. The molecule has 3 heterocycles. The third-order valence-electron chi connectivity index (χ3n) is 18.9. The minimum atomic E-state index is -1.46. The van der Waals surface area contributed by atoms with Crippen LogP contribution in [0.2, 0.25) is 0 Å². The number of nitrogens with zero attached hydrogens (tertiary/aromatic N) is 7. The van der Waals surface area contributed by atoms with Gasteiger partial charge in [-0.1, -0.05) is 108 Å². The van der Waals surface area contributed by atoms with Crippen LogP contribution in [0.25, 0.3) is 10.9 Å². The maximum atomic E-state index is 15.2. The number of aromatic nitrogens is 1. The van der Waals surface area contributed by atoms with Gasteiger partial charge in [0.2, 0.25) is 70.9 Å². The van der Waals surface area contributed by atoms with Crippen LogP contribution < -0.4 is 26.6 Å². The van der Waals surface area contributed by atoms with Crippen molar-refractivity contribution >= 4 is 81.8 Å². The fourth-order valence-electron chi connectivity index (χ4n) is 12.9. The zero-order chi connectivity index (χ0) is 74.8. The highest BCUT2D eigenvalue weighted by Gasteiger charge is 2.44. The van der Waals surface area contributed by atoms with E-state index in [4.69, 9.17) is 4.74 Å². The van der Waals surface area contributed by atoms with Crippen molar-refractivity contribution in [3.05, 3.63) is 36.0 Å². The van der Waals surface area contributed by atoms with Crippen molar-refractivity contribution in [2.45, 2.75) is 241 Å². The third-order valence-corrected chi connectivity index (χ3v) is 18.9. The number of piperidine rings is 1. The number of nitrogens with one attached hydrogen (secondary N) is 6. The molecule has 0 spiro atoms. The van der Waals surface area contributed by atoms with Gasteiger partial charge in [0.15, 0.2) is 0 Å². The van der Waals surface area contributed by atoms with E-state index in [1.807, 2.05) is 86.6 Å². The van der Waals surface area contributed by atoms with Crippen LogP contribution in [0, 0.1) is 35.5 Å². The largest absolute Gasteiger partial charge is 0.373 e. The van der Waals surface area contributed by atoms with Crippen molar-refractivity contribution < 1.29 is 62.3 Å². The van der Waals surface area contributed by atoms with E-state index in [1.165, 1.54) is 78.6 Å². The van der Waals surface area contributed by atoms with Crippen LogP contribution in [0.5, 0.6) is 0 Å². The Morgan fingerprint density at radius 3 is 1.58 bits per heavy atom. The van der Waals surface area contributed by atoms with Gasteiger partial charge in [0, 0.05) is 78.9 Å². The number of rotatable bonds is 16. The van der Waals surface area contributed by atoms with E-state index in [0.29, 0.717) is 37.9 Å². The molecule has 556 valence electrons. The molecule has 26 heteroatoms. The molecule has 2 saturated heterocycles. The lowest BCUT2D eigenvalue weighted by Gasteiger charge is -2.38. The number of likely N-dealkylation sites (tertiary alicyclic amines) is 1. The lowest BCUT2D eigenvalue weighted by atomic mass is 9.94. The number of ether oxygens (including phenoxy) is 1. The second-order valence-corrected chi connectivity index (χ2v) is 30.7. The smallest absolute Gasteiger partial charge is 0.247 e. The maximum absolute atomic E-state index is 15.2. The van der Waals surface area contributed by atoms with Gasteiger partial charge >= 0.3 is 0 Å². The lowest BCUT2D eigenvalue weighted by Crippen LogP contribution is -2.62. The number of hydrogen-bond donors (Lipinski definition) is 6. The summed E-state index contributed by atoms with van der Waals surface area (Å²) < 4.78 is 6.19. The number of fused-ring (bicyclic) bond motifs is 1. The Hall–Kier alpha value is -7.64. The first-order valence-corrected chi connectivity index (χ1v) is 35.7. The molecule has 6 N–H and O–H groups in total. The first kappa shape index (κ1) is 83.8. The van der Waals surface area contributed by atoms with Crippen molar-refractivity contribution in [1.82, 2.24) is 65.9 Å². The number of para-hydroxylation sites is 1. The molecule has 2 fully saturated rings. The van der Waals surface area contributed by atoms with E-state index in [-0.39, 0.29) is 62.4 Å². The van der Waals surface area contributed by atoms with Gasteiger partial charge in [-0.2, -0.15) is 0 Å². The molecule has 12 amide bonds. The van der Waals surface area contributed by atoms with Crippen molar-refractivity contribution in [1.29, 1.82) is 0 Å². The minimum Gasteiger partial charge on any atom is -0.373 e. The second kappa shape index (κ2) is 37.7. The summed E-state index contributed by atoms with van der Waals surface area (Å²) in [6, 6.07) is -5.40. The van der Waals surface area contributed by atoms with E-state index in [9.17, 15) is 33.6 Å². The van der Waals surface area contributed by atoms with Gasteiger partial charge in [-0.05, 0) is 120 Å². The van der Waals surface area contributed by atoms with E-state index in [0.717, 1.165) is 17.3 Å². The summed E-state index contributed by atoms with van der Waals surface area (Å²) in [6.45, 7) is 28.6. The summed E-state index contributed by atoms with van der Waals surface area (Å²) in [4.78, 5) is 191. The van der Waals surface area contributed by atoms with E-state index < -0.39 is 162 Å². The highest BCUT2D eigenvalue weighted by molar-refractivity contribution is 6.00. The van der Waals surface area contributed by atoms with Crippen LogP contribution in [0.15, 0.2) is 30.5 Å². The van der Waals surface area contributed by atoms with Gasteiger partial charge in [0.05, 0.1) is 25.2 Å². The summed E-state index contributed by atoms with van der Waals surface area (Å²) in [5.74, 6) is -9.99. The molecular formula is C73H121N13O13. The zero-order valence-electron chi connectivity index (χ0n) is 63.5. The Labute approximate surface area is 588 Å². The Bertz CT molecular complexity index is 3120. The van der Waals surface area contributed by atoms with Crippen LogP contribution in [-0.2, 0) is 68.7 Å². The van der Waals surface area contributed by atoms with Crippen molar-refractivity contribution in [2.24, 2.45) is 35.5 Å². The number of H-pyrrole nitrogens is 1. The van der Waals surface area contributed by atoms with Gasteiger partial charge in [-0.3, -0.25) is 57.5 Å². The van der Waals surface area contributed by atoms with Gasteiger partial charge < -0.3 is 70.6 Å². The van der Waals surface area contributed by atoms with Crippen LogP contribution in [0.4, 0.5) is 0 Å². The number of likely N-dealkylation sites (N-methyl/N-ethyl adjacent to an activating group) is 6. The standard InChI is InChI=1S/C73H121N13O13/c1-23-47(12)61-72(98)83(20)56(34-43(4)5)64(90)76-52(37-49-39-74-51-30-26-25-29-50(49)51)68(94)80(17)40-60(88)81(18)55(33-42(2)3)63(89)78-54(41-99-73(14,15)16)69(95)84(21)58(36-45(8)9)71(97)85(22)62(46(10)11)66(92)77-53(70(96)86-31-27-24-28-32-86)38-59(87)75-48(13)67(93)82(19)57(35-44(6)7)65(91)79-61/h25-26,29-30,39,42-48,52-58,61-62,74H,23-24,27-28,31-38,40-41H2,1-22H3,(H,75,87)(H,76,90)(H,77,92)(H,78,89)(H,79,91)/t47-,48+,52-,53-,54-,55-,56-,57-,58-,61-,62-/m0/s1. The number of amides is 12. The first-order valence-electron chi connectivity index (χ1n) is 35.7. The van der Waals surface area contributed by atoms with Crippen LogP contribution >= 0.6 is 0 Å². The molecule has 2 aliphatic rings. The molecule has 4 rings (SSSR count). The fraction of sp³-hybridized carbons (Fsp3) is 0.726. The summed E-state index contributed by atoms with van der Waals surface area (Å²) in [7, 11) is 8.59. The minimum absolute atomic E-state index is 0.0578. The van der Waals surface area contributed by atoms with Crippen LogP contribution in [-0.4, -0.2) is 245 Å². The molecule has 2 aromatic rings. The van der Waals surface area contributed by atoms with Crippen molar-refractivity contribution in [2.75, 3.05) is 68.5 Å². The monoisotopic (exact) mass is 1390 g/mol. The summed E-state index contributed by atoms with van der Waals surface area (Å²) in [5.41, 5.74) is 0.607. The Kier molecular flexibility index (Phi) is 31.9. The Balaban J connectivity index is 1.96. The van der Waals surface area contributed by atoms with Crippen LogP contribution in [0.3, 0.4) is 0 Å². The quantitative estimate of drug-likeness (QED) is 0.131. The molecule has 11 atom stereocenters. The Morgan fingerprint density at radius 2 is 1.05 bits per heavy atom. The Morgan fingerprint density at radius 1 is 0.556 bits per heavy atom. The summed E-state index contributed by atoms with van der Waals surface area (Å²) in [5, 5.41) is 15.1. The maximum Gasteiger partial charge on any atom is 0.247 e. The average Bonchev–Trinajstić information content (AvgIpc) is 1.55. The SMILES string of the molecule is CC[C@H](C)[C@@H]1NC(=O)[C@H](CC(C)C)N(C)C(=O)[C@@H](C)NC(=O)C[C@@H](C(=O)N2CCCCC2)NC(=O)[C@H](C(C)C)N(C)C(=O)[C@H](CC(C)C)N(C)C(=O)[C@H](COC(C)(C)C)NC(=O)[C@H](CC(C)C)N(C)C(=O)CN(C)C(=O)[C@H](Cc2c[nH]c3ccccc23)NC(=O)[C@H](CC(C)C)N(C)C1=O. The van der Waals surface area contributed by atoms with Crippen molar-refractivity contribution in [3.63, 3.8) is 0 Å². The highest BCUT2D eigenvalue weighted by Crippen LogP contribution is 2.25. The molecule has 2 aliphatic heterocycles. The fourth-order valence-corrected chi connectivity index (χ4v) is 12.9. The normalized spacial score (nSPS) is 25.4. The molecule has 0 unspecified atom stereocenters. The number of hydrogen-bond acceptors (Lipinski definition) is 13. The van der Waals surface area contributed by atoms with Crippen LogP contribution in [0.1, 0.15) is 174 Å². The average molecular weight is 1390 g/mol. The predicted molar refractivity (Wildman–Crippen MR) is 381 cm³/mol. The molecule has 26 nitrogen and oxygen atoms in total. The lowest BCUT2D eigenvalue weighted by molar-refractivity contribution is -0.152. The van der Waals surface area contributed by atoms with E-state index in [2.05, 4.69) is 31.6 Å². The van der Waals surface area contributed by atoms with Gasteiger partial charge in [0.1, 0.15) is 60.4 Å². The number of aromatic amines is 1. The predicted octanol–water partition coefficient (Wildman–Crippen LogP) is 4.87. The molecule has 1 aromatic carbocycles. The first-order chi connectivity index (χ1) is 46.1. The number of carbonyl (C=O) groups excluding carboxylic acids is 12. The zero-order valence-corrected chi connectivity index (χ0v) is 63.5. The molecule has 1 aromatic heterocycles. The molecule has 0 bridgehead atoms.